The van der Waals surface area contributed by atoms with Gasteiger partial charge in [0, 0.05) is 24.2 Å². The maximum Gasteiger partial charge on any atom is 0.318 e. The highest BCUT2D eigenvalue weighted by molar-refractivity contribution is 7.09. The summed E-state index contributed by atoms with van der Waals surface area (Å²) in [6.45, 7) is 3.98. The first-order valence-corrected chi connectivity index (χ1v) is 9.20. The van der Waals surface area contributed by atoms with E-state index in [1.54, 1.807) is 17.5 Å². The van der Waals surface area contributed by atoms with Crippen LogP contribution in [-0.4, -0.2) is 35.2 Å². The van der Waals surface area contributed by atoms with Crippen molar-refractivity contribution in [2.75, 3.05) is 13.2 Å². The number of carbonyl (C=O) groups excluding carboxylic acids is 1. The molecule has 2 aromatic rings. The smallest absolute Gasteiger partial charge is 0.318 e. The van der Waals surface area contributed by atoms with Crippen molar-refractivity contribution in [3.05, 3.63) is 52.5 Å². The van der Waals surface area contributed by atoms with Crippen LogP contribution < -0.4 is 5.32 Å². The van der Waals surface area contributed by atoms with Crippen LogP contribution in [0.2, 0.25) is 0 Å². The summed E-state index contributed by atoms with van der Waals surface area (Å²) < 4.78 is 5.71. The van der Waals surface area contributed by atoms with Gasteiger partial charge in [0.25, 0.3) is 0 Å². The molecule has 0 aromatic carbocycles. The first kappa shape index (κ1) is 16.9. The zero-order chi connectivity index (χ0) is 16.8. The Morgan fingerprint density at radius 2 is 2.38 bits per heavy atom. The molecule has 24 heavy (non-hydrogen) atoms. The van der Waals surface area contributed by atoms with E-state index in [-0.39, 0.29) is 18.2 Å². The Kier molecular flexibility index (Phi) is 5.82. The van der Waals surface area contributed by atoms with Gasteiger partial charge >= 0.3 is 6.03 Å². The van der Waals surface area contributed by atoms with Crippen molar-refractivity contribution in [1.82, 2.24) is 15.2 Å². The number of aromatic nitrogens is 1. The summed E-state index contributed by atoms with van der Waals surface area (Å²) in [7, 11) is 0. The van der Waals surface area contributed by atoms with Crippen molar-refractivity contribution in [2.24, 2.45) is 0 Å². The van der Waals surface area contributed by atoms with E-state index in [9.17, 15) is 4.79 Å². The van der Waals surface area contributed by atoms with Gasteiger partial charge in [0.1, 0.15) is 0 Å². The SMILES string of the molecule is C[C@@H](NC(=O)N(Cc1cccs1)C[C@@H]1CCCO1)c1ccccn1. The fourth-order valence-electron chi connectivity index (χ4n) is 2.83. The molecule has 1 N–H and O–H groups in total. The van der Waals surface area contributed by atoms with Crippen molar-refractivity contribution in [3.63, 3.8) is 0 Å². The molecule has 5 nitrogen and oxygen atoms in total. The summed E-state index contributed by atoms with van der Waals surface area (Å²) in [5.41, 5.74) is 0.860. The van der Waals surface area contributed by atoms with E-state index in [2.05, 4.69) is 16.4 Å². The number of ether oxygens (including phenoxy) is 1. The molecule has 0 saturated carbocycles. The maximum atomic E-state index is 12.8. The van der Waals surface area contributed by atoms with Crippen LogP contribution in [0.1, 0.15) is 36.4 Å². The molecule has 3 rings (SSSR count). The van der Waals surface area contributed by atoms with Crippen molar-refractivity contribution in [3.8, 4) is 0 Å². The molecule has 0 unspecified atom stereocenters. The van der Waals surface area contributed by atoms with E-state index in [4.69, 9.17) is 4.74 Å². The van der Waals surface area contributed by atoms with E-state index in [0.29, 0.717) is 13.1 Å². The Morgan fingerprint density at radius 1 is 1.46 bits per heavy atom. The minimum absolute atomic E-state index is 0.0722. The van der Waals surface area contributed by atoms with Crippen molar-refractivity contribution >= 4 is 17.4 Å². The molecule has 3 heterocycles. The molecule has 0 spiro atoms. The van der Waals surface area contributed by atoms with Gasteiger partial charge in [0.05, 0.1) is 24.4 Å². The molecule has 1 aliphatic heterocycles. The summed E-state index contributed by atoms with van der Waals surface area (Å²) in [6, 6.07) is 9.60. The first-order valence-electron chi connectivity index (χ1n) is 8.32. The van der Waals surface area contributed by atoms with Crippen molar-refractivity contribution < 1.29 is 9.53 Å². The van der Waals surface area contributed by atoms with Gasteiger partial charge in [-0.05, 0) is 43.3 Å². The number of amides is 2. The quantitative estimate of drug-likeness (QED) is 0.870. The Balaban J connectivity index is 1.65. The van der Waals surface area contributed by atoms with E-state index in [0.717, 1.165) is 25.1 Å². The lowest BCUT2D eigenvalue weighted by Crippen LogP contribution is -2.44. The van der Waals surface area contributed by atoms with Crippen LogP contribution in [0.3, 0.4) is 0 Å². The van der Waals surface area contributed by atoms with Gasteiger partial charge in [0.2, 0.25) is 0 Å². The van der Waals surface area contributed by atoms with Gasteiger partial charge in [-0.2, -0.15) is 0 Å². The second kappa shape index (κ2) is 8.26. The highest BCUT2D eigenvalue weighted by atomic mass is 32.1. The predicted molar refractivity (Wildman–Crippen MR) is 94.9 cm³/mol. The van der Waals surface area contributed by atoms with Crippen LogP contribution in [0.4, 0.5) is 4.79 Å². The summed E-state index contributed by atoms with van der Waals surface area (Å²) in [4.78, 5) is 20.1. The van der Waals surface area contributed by atoms with Crippen LogP contribution in [0, 0.1) is 0 Å². The lowest BCUT2D eigenvalue weighted by Gasteiger charge is -2.27. The number of thiophene rings is 1. The summed E-state index contributed by atoms with van der Waals surface area (Å²) >= 11 is 1.67. The van der Waals surface area contributed by atoms with Crippen molar-refractivity contribution in [2.45, 2.75) is 38.5 Å². The largest absolute Gasteiger partial charge is 0.376 e. The van der Waals surface area contributed by atoms with Gasteiger partial charge in [-0.3, -0.25) is 4.98 Å². The van der Waals surface area contributed by atoms with Gasteiger partial charge in [-0.1, -0.05) is 12.1 Å². The Labute approximate surface area is 146 Å². The average molecular weight is 345 g/mol. The third kappa shape index (κ3) is 4.55. The number of hydrogen-bond donors (Lipinski definition) is 1. The van der Waals surface area contributed by atoms with Gasteiger partial charge in [0.15, 0.2) is 0 Å². The average Bonchev–Trinajstić information content (AvgIpc) is 3.29. The topological polar surface area (TPSA) is 54.5 Å². The molecule has 1 fully saturated rings. The zero-order valence-electron chi connectivity index (χ0n) is 13.9. The van der Waals surface area contributed by atoms with Gasteiger partial charge < -0.3 is 15.0 Å². The summed E-state index contributed by atoms with van der Waals surface area (Å²) in [6.07, 6.45) is 3.97. The minimum atomic E-state index is -0.131. The van der Waals surface area contributed by atoms with Gasteiger partial charge in [-0.25, -0.2) is 4.79 Å². The summed E-state index contributed by atoms with van der Waals surface area (Å²) in [5, 5.41) is 5.09. The van der Waals surface area contributed by atoms with Crippen molar-refractivity contribution in [1.29, 1.82) is 0 Å². The van der Waals surface area contributed by atoms with E-state index >= 15 is 0 Å². The first-order chi connectivity index (χ1) is 11.7. The second-order valence-electron chi connectivity index (χ2n) is 6.02. The number of rotatable bonds is 6. The highest BCUT2D eigenvalue weighted by Gasteiger charge is 2.24. The predicted octanol–water partition coefficient (Wildman–Crippen LogP) is 3.59. The molecular formula is C18H23N3O2S. The third-order valence-electron chi connectivity index (χ3n) is 4.13. The van der Waals surface area contributed by atoms with Crippen LogP contribution in [0.5, 0.6) is 0 Å². The van der Waals surface area contributed by atoms with Crippen LogP contribution >= 0.6 is 11.3 Å². The second-order valence-corrected chi connectivity index (χ2v) is 7.05. The monoisotopic (exact) mass is 345 g/mol. The normalized spacial score (nSPS) is 18.3. The van der Waals surface area contributed by atoms with Crippen LogP contribution in [-0.2, 0) is 11.3 Å². The van der Waals surface area contributed by atoms with E-state index in [1.165, 1.54) is 4.88 Å². The molecule has 1 aliphatic rings. The van der Waals surface area contributed by atoms with Crippen LogP contribution in [0.15, 0.2) is 41.9 Å². The number of pyridine rings is 1. The lowest BCUT2D eigenvalue weighted by molar-refractivity contribution is 0.0792. The Morgan fingerprint density at radius 3 is 3.04 bits per heavy atom. The molecular weight excluding hydrogens is 322 g/mol. The molecule has 6 heteroatoms. The number of nitrogens with zero attached hydrogens (tertiary/aromatic N) is 2. The molecule has 0 radical (unpaired) electrons. The standard InChI is InChI=1S/C18H23N3O2S/c1-14(17-8-2-3-9-19-17)20-18(22)21(12-15-6-4-10-23-15)13-16-7-5-11-24-16/h2-3,5,7-9,11,14-15H,4,6,10,12-13H2,1H3,(H,20,22)/t14-,15+/m1/s1. The molecule has 2 aromatic heterocycles. The molecule has 2 atom stereocenters. The zero-order valence-corrected chi connectivity index (χ0v) is 14.7. The number of carbonyl (C=O) groups is 1. The van der Waals surface area contributed by atoms with E-state index in [1.807, 2.05) is 41.5 Å². The molecule has 1 saturated heterocycles. The number of hydrogen-bond acceptors (Lipinski definition) is 4. The van der Waals surface area contributed by atoms with Gasteiger partial charge in [-0.15, -0.1) is 11.3 Å². The number of urea groups is 1. The molecule has 2 amide bonds. The fraction of sp³-hybridized carbons (Fsp3) is 0.444. The Hall–Kier alpha value is -1.92. The maximum absolute atomic E-state index is 12.8. The minimum Gasteiger partial charge on any atom is -0.376 e. The van der Waals surface area contributed by atoms with Crippen LogP contribution in [0.25, 0.3) is 0 Å². The lowest BCUT2D eigenvalue weighted by atomic mass is 10.2. The molecule has 128 valence electrons. The fourth-order valence-corrected chi connectivity index (χ4v) is 3.55. The molecule has 0 aliphatic carbocycles. The third-order valence-corrected chi connectivity index (χ3v) is 4.99. The summed E-state index contributed by atoms with van der Waals surface area (Å²) in [5.74, 6) is 0. The number of nitrogens with one attached hydrogen (secondary N) is 1. The highest BCUT2D eigenvalue weighted by Crippen LogP contribution is 2.18. The molecule has 0 bridgehead atoms. The van der Waals surface area contributed by atoms with E-state index < -0.39 is 0 Å². The Bertz CT molecular complexity index is 627.